The predicted octanol–water partition coefficient (Wildman–Crippen LogP) is 2.05. The second-order valence-electron chi connectivity index (χ2n) is 4.86. The van der Waals surface area contributed by atoms with Gasteiger partial charge in [0.2, 0.25) is 11.6 Å². The van der Waals surface area contributed by atoms with E-state index < -0.39 is 4.92 Å². The van der Waals surface area contributed by atoms with Gasteiger partial charge >= 0.3 is 5.69 Å². The van der Waals surface area contributed by atoms with Gasteiger partial charge in [0, 0.05) is 20.1 Å². The Balaban J connectivity index is 2.26. The maximum absolute atomic E-state index is 11.3. The van der Waals surface area contributed by atoms with Crippen LogP contribution in [0.25, 0.3) is 0 Å². The smallest absolute Gasteiger partial charge is 0.353 e. The highest BCUT2D eigenvalue weighted by Gasteiger charge is 2.27. The number of nitrogens with zero attached hydrogens (tertiary/aromatic N) is 4. The minimum absolute atomic E-state index is 0.0360. The van der Waals surface area contributed by atoms with Crippen molar-refractivity contribution in [2.75, 3.05) is 30.4 Å². The molecule has 19 heavy (non-hydrogen) atoms. The van der Waals surface area contributed by atoms with Gasteiger partial charge in [-0.1, -0.05) is 6.42 Å². The number of nitrogens with one attached hydrogen (secondary N) is 1. The van der Waals surface area contributed by atoms with Crippen LogP contribution in [0.4, 0.5) is 17.3 Å². The normalized spacial score (nSPS) is 14.8. The average Bonchev–Trinajstić information content (AvgIpc) is 2.33. The molecule has 1 heterocycles. The van der Waals surface area contributed by atoms with Gasteiger partial charge in [0.25, 0.3) is 0 Å². The van der Waals surface area contributed by atoms with Gasteiger partial charge in [-0.3, -0.25) is 10.1 Å². The van der Waals surface area contributed by atoms with E-state index in [-0.39, 0.29) is 11.5 Å². The molecule has 1 saturated carbocycles. The largest absolute Gasteiger partial charge is 0.364 e. The summed E-state index contributed by atoms with van der Waals surface area (Å²) in [5.41, 5.74) is -0.0360. The minimum Gasteiger partial charge on any atom is -0.364 e. The number of anilines is 2. The summed E-state index contributed by atoms with van der Waals surface area (Å²) in [5, 5.41) is 14.2. The van der Waals surface area contributed by atoms with Gasteiger partial charge in [-0.05, 0) is 25.7 Å². The Morgan fingerprint density at radius 3 is 2.79 bits per heavy atom. The Kier molecular flexibility index (Phi) is 4.13. The number of hydrogen-bond donors (Lipinski definition) is 1. The number of hydrogen-bond acceptors (Lipinski definition) is 6. The van der Waals surface area contributed by atoms with E-state index in [0.29, 0.717) is 18.3 Å². The van der Waals surface area contributed by atoms with E-state index >= 15 is 0 Å². The maximum atomic E-state index is 11.3. The molecule has 1 fully saturated rings. The Bertz CT molecular complexity index is 461. The molecule has 0 saturated heterocycles. The van der Waals surface area contributed by atoms with Crippen LogP contribution in [0.1, 0.15) is 26.2 Å². The molecular weight excluding hydrogens is 246 g/mol. The Hall–Kier alpha value is -1.92. The standard InChI is InChI=1S/C12H19N5O2/c1-3-13-11-10(17(18)19)12(15-8-14-11)16(2)7-9-5-4-6-9/h8-9H,3-7H2,1-2H3,(H,13,14,15). The van der Waals surface area contributed by atoms with Crippen molar-refractivity contribution in [3.63, 3.8) is 0 Å². The number of rotatable bonds is 6. The molecule has 0 aliphatic heterocycles. The average molecular weight is 265 g/mol. The second kappa shape index (κ2) is 5.81. The lowest BCUT2D eigenvalue weighted by molar-refractivity contribution is -0.383. The molecule has 1 aromatic heterocycles. The molecule has 104 valence electrons. The van der Waals surface area contributed by atoms with Gasteiger partial charge < -0.3 is 10.2 Å². The summed E-state index contributed by atoms with van der Waals surface area (Å²) in [4.78, 5) is 20.7. The van der Waals surface area contributed by atoms with E-state index in [2.05, 4.69) is 15.3 Å². The zero-order valence-corrected chi connectivity index (χ0v) is 11.3. The van der Waals surface area contributed by atoms with Crippen molar-refractivity contribution < 1.29 is 4.92 Å². The van der Waals surface area contributed by atoms with Crippen LogP contribution in [0.2, 0.25) is 0 Å². The molecule has 0 atom stereocenters. The second-order valence-corrected chi connectivity index (χ2v) is 4.86. The first-order chi connectivity index (χ1) is 9.13. The van der Waals surface area contributed by atoms with E-state index in [1.807, 2.05) is 18.9 Å². The number of nitro groups is 1. The third-order valence-electron chi connectivity index (χ3n) is 3.45. The van der Waals surface area contributed by atoms with E-state index in [1.165, 1.54) is 25.6 Å². The van der Waals surface area contributed by atoms with Crippen molar-refractivity contribution in [1.29, 1.82) is 0 Å². The predicted molar refractivity (Wildman–Crippen MR) is 73.5 cm³/mol. The molecule has 0 amide bonds. The van der Waals surface area contributed by atoms with Gasteiger partial charge in [-0.2, -0.15) is 0 Å². The van der Waals surface area contributed by atoms with Crippen LogP contribution in [0.15, 0.2) is 6.33 Å². The fourth-order valence-electron chi connectivity index (χ4n) is 2.26. The van der Waals surface area contributed by atoms with Crippen LogP contribution in [0.3, 0.4) is 0 Å². The molecule has 1 N–H and O–H groups in total. The highest BCUT2D eigenvalue weighted by Crippen LogP contribution is 2.33. The lowest BCUT2D eigenvalue weighted by Gasteiger charge is -2.30. The Labute approximate surface area is 112 Å². The van der Waals surface area contributed by atoms with E-state index in [0.717, 1.165) is 6.54 Å². The van der Waals surface area contributed by atoms with Crippen LogP contribution in [-0.2, 0) is 0 Å². The van der Waals surface area contributed by atoms with Crippen molar-refractivity contribution in [3.8, 4) is 0 Å². The summed E-state index contributed by atoms with van der Waals surface area (Å²) in [6.45, 7) is 3.27. The lowest BCUT2D eigenvalue weighted by atomic mass is 9.85. The molecule has 0 spiro atoms. The highest BCUT2D eigenvalue weighted by molar-refractivity contribution is 5.70. The zero-order valence-electron chi connectivity index (χ0n) is 11.3. The number of aromatic nitrogens is 2. The van der Waals surface area contributed by atoms with Crippen LogP contribution in [0.5, 0.6) is 0 Å². The molecule has 1 aromatic rings. The van der Waals surface area contributed by atoms with Crippen LogP contribution >= 0.6 is 0 Å². The highest BCUT2D eigenvalue weighted by atomic mass is 16.6. The van der Waals surface area contributed by atoms with Crippen molar-refractivity contribution in [1.82, 2.24) is 9.97 Å². The third kappa shape index (κ3) is 2.91. The van der Waals surface area contributed by atoms with Gasteiger partial charge in [0.15, 0.2) is 0 Å². The summed E-state index contributed by atoms with van der Waals surface area (Å²) in [5.74, 6) is 1.31. The first kappa shape index (κ1) is 13.5. The van der Waals surface area contributed by atoms with Gasteiger partial charge in [-0.15, -0.1) is 0 Å². The van der Waals surface area contributed by atoms with Gasteiger partial charge in [-0.25, -0.2) is 9.97 Å². The monoisotopic (exact) mass is 265 g/mol. The van der Waals surface area contributed by atoms with Crippen LogP contribution in [-0.4, -0.2) is 35.0 Å². The summed E-state index contributed by atoms with van der Waals surface area (Å²) in [6, 6.07) is 0. The van der Waals surface area contributed by atoms with Gasteiger partial charge in [0.1, 0.15) is 6.33 Å². The molecule has 1 aliphatic carbocycles. The molecular formula is C12H19N5O2. The first-order valence-electron chi connectivity index (χ1n) is 6.57. The Morgan fingerprint density at radius 2 is 2.26 bits per heavy atom. The molecule has 0 unspecified atom stereocenters. The SMILES string of the molecule is CCNc1ncnc(N(C)CC2CCC2)c1[N+](=O)[O-]. The van der Waals surface area contributed by atoms with Crippen molar-refractivity contribution in [3.05, 3.63) is 16.4 Å². The first-order valence-corrected chi connectivity index (χ1v) is 6.57. The molecule has 2 rings (SSSR count). The fourth-order valence-corrected chi connectivity index (χ4v) is 2.26. The summed E-state index contributed by atoms with van der Waals surface area (Å²) >= 11 is 0. The zero-order chi connectivity index (χ0) is 13.8. The van der Waals surface area contributed by atoms with Gasteiger partial charge in [0.05, 0.1) is 4.92 Å². The quantitative estimate of drug-likeness (QED) is 0.626. The Morgan fingerprint density at radius 1 is 1.53 bits per heavy atom. The molecule has 7 heteroatoms. The van der Waals surface area contributed by atoms with Crippen molar-refractivity contribution >= 4 is 17.3 Å². The van der Waals surface area contributed by atoms with E-state index in [4.69, 9.17) is 0 Å². The topological polar surface area (TPSA) is 84.2 Å². The maximum Gasteiger partial charge on any atom is 0.353 e. The molecule has 7 nitrogen and oxygen atoms in total. The van der Waals surface area contributed by atoms with E-state index in [1.54, 1.807) is 0 Å². The van der Waals surface area contributed by atoms with E-state index in [9.17, 15) is 10.1 Å². The summed E-state index contributed by atoms with van der Waals surface area (Å²) in [7, 11) is 1.85. The molecule has 0 bridgehead atoms. The third-order valence-corrected chi connectivity index (χ3v) is 3.45. The molecule has 0 radical (unpaired) electrons. The lowest BCUT2D eigenvalue weighted by Crippen LogP contribution is -2.30. The molecule has 1 aliphatic rings. The van der Waals surface area contributed by atoms with Crippen LogP contribution in [0, 0.1) is 16.0 Å². The minimum atomic E-state index is -0.412. The van der Waals surface area contributed by atoms with Crippen molar-refractivity contribution in [2.45, 2.75) is 26.2 Å². The van der Waals surface area contributed by atoms with Crippen molar-refractivity contribution in [2.24, 2.45) is 5.92 Å². The fraction of sp³-hybridized carbons (Fsp3) is 0.667. The van der Waals surface area contributed by atoms with Crippen LogP contribution < -0.4 is 10.2 Å². The summed E-state index contributed by atoms with van der Waals surface area (Å²) < 4.78 is 0. The summed E-state index contributed by atoms with van der Waals surface area (Å²) in [6.07, 6.45) is 5.02. The molecule has 0 aromatic carbocycles.